The van der Waals surface area contributed by atoms with E-state index < -0.39 is 0 Å². The van der Waals surface area contributed by atoms with Crippen molar-refractivity contribution in [1.29, 1.82) is 0 Å². The maximum Gasteiger partial charge on any atom is 0.255 e. The van der Waals surface area contributed by atoms with Crippen molar-refractivity contribution in [2.24, 2.45) is 0 Å². The van der Waals surface area contributed by atoms with Crippen LogP contribution in [0.3, 0.4) is 0 Å². The lowest BCUT2D eigenvalue weighted by atomic mass is 10.0. The van der Waals surface area contributed by atoms with Crippen molar-refractivity contribution >= 4 is 5.91 Å². The SMILES string of the molecule is COc1ccc(C(CNC(=O)c2ccccc2O)N2CCOCC2)cc1OC. The van der Waals surface area contributed by atoms with Gasteiger partial charge in [-0.15, -0.1) is 0 Å². The van der Waals surface area contributed by atoms with Gasteiger partial charge in [-0.3, -0.25) is 9.69 Å². The van der Waals surface area contributed by atoms with Gasteiger partial charge in [-0.1, -0.05) is 18.2 Å². The molecule has 3 rings (SSSR count). The number of ether oxygens (including phenoxy) is 3. The monoisotopic (exact) mass is 386 g/mol. The highest BCUT2D eigenvalue weighted by molar-refractivity contribution is 5.96. The molecule has 1 aliphatic rings. The third-order valence-electron chi connectivity index (χ3n) is 4.88. The van der Waals surface area contributed by atoms with E-state index in [2.05, 4.69) is 10.2 Å². The highest BCUT2D eigenvalue weighted by Crippen LogP contribution is 2.32. The first kappa shape index (κ1) is 20.0. The molecule has 1 atom stereocenters. The van der Waals surface area contributed by atoms with Crippen LogP contribution in [0, 0.1) is 0 Å². The standard InChI is InChI=1S/C21H26N2O5/c1-26-19-8-7-15(13-20(19)27-2)17(23-9-11-28-12-10-23)14-22-21(25)16-5-3-4-6-18(16)24/h3-8,13,17,24H,9-12,14H2,1-2H3,(H,22,25). The van der Waals surface area contributed by atoms with Crippen LogP contribution in [0.5, 0.6) is 17.2 Å². The second-order valence-electron chi connectivity index (χ2n) is 6.51. The first-order chi connectivity index (χ1) is 13.6. The number of nitrogens with zero attached hydrogens (tertiary/aromatic N) is 1. The van der Waals surface area contributed by atoms with Gasteiger partial charge < -0.3 is 24.6 Å². The summed E-state index contributed by atoms with van der Waals surface area (Å²) in [5.74, 6) is 0.960. The molecule has 0 bridgehead atoms. The third-order valence-corrected chi connectivity index (χ3v) is 4.88. The largest absolute Gasteiger partial charge is 0.507 e. The quantitative estimate of drug-likeness (QED) is 0.760. The number of methoxy groups -OCH3 is 2. The van der Waals surface area contributed by atoms with Gasteiger partial charge in [0.25, 0.3) is 5.91 Å². The minimum absolute atomic E-state index is 0.0333. The first-order valence-corrected chi connectivity index (χ1v) is 9.24. The zero-order valence-electron chi connectivity index (χ0n) is 16.2. The summed E-state index contributed by atoms with van der Waals surface area (Å²) >= 11 is 0. The number of benzene rings is 2. The Kier molecular flexibility index (Phi) is 6.73. The molecule has 2 N–H and O–H groups in total. The minimum atomic E-state index is -0.308. The molecule has 0 saturated carbocycles. The number of carbonyl (C=O) groups excluding carboxylic acids is 1. The van der Waals surface area contributed by atoms with Crippen LogP contribution in [-0.4, -0.2) is 63.0 Å². The van der Waals surface area contributed by atoms with E-state index in [9.17, 15) is 9.90 Å². The minimum Gasteiger partial charge on any atom is -0.507 e. The zero-order valence-corrected chi connectivity index (χ0v) is 16.2. The lowest BCUT2D eigenvalue weighted by Gasteiger charge is -2.35. The number of carbonyl (C=O) groups is 1. The summed E-state index contributed by atoms with van der Waals surface area (Å²) in [6, 6.07) is 12.2. The van der Waals surface area contributed by atoms with Gasteiger partial charge in [0.05, 0.1) is 39.0 Å². The number of nitrogens with one attached hydrogen (secondary N) is 1. The van der Waals surface area contributed by atoms with Crippen LogP contribution in [0.1, 0.15) is 22.0 Å². The van der Waals surface area contributed by atoms with E-state index in [1.165, 1.54) is 6.07 Å². The lowest BCUT2D eigenvalue weighted by molar-refractivity contribution is 0.0162. The van der Waals surface area contributed by atoms with Crippen molar-refractivity contribution in [2.45, 2.75) is 6.04 Å². The number of para-hydroxylation sites is 1. The van der Waals surface area contributed by atoms with Crippen molar-refractivity contribution in [1.82, 2.24) is 10.2 Å². The van der Waals surface area contributed by atoms with Crippen molar-refractivity contribution in [3.63, 3.8) is 0 Å². The predicted molar refractivity (Wildman–Crippen MR) is 105 cm³/mol. The Morgan fingerprint density at radius 2 is 1.86 bits per heavy atom. The maximum absolute atomic E-state index is 12.5. The van der Waals surface area contributed by atoms with Gasteiger partial charge in [0.1, 0.15) is 5.75 Å². The molecule has 1 aliphatic heterocycles. The third kappa shape index (κ3) is 4.55. The number of rotatable bonds is 7. The Balaban J connectivity index is 1.81. The molecule has 0 radical (unpaired) electrons. The van der Waals surface area contributed by atoms with Gasteiger partial charge in [0, 0.05) is 19.6 Å². The Morgan fingerprint density at radius 1 is 1.14 bits per heavy atom. The molecule has 7 nitrogen and oxygen atoms in total. The number of hydrogen-bond donors (Lipinski definition) is 2. The van der Waals surface area contributed by atoms with Crippen LogP contribution in [0.25, 0.3) is 0 Å². The number of amides is 1. The fourth-order valence-corrected chi connectivity index (χ4v) is 3.36. The van der Waals surface area contributed by atoms with Gasteiger partial charge in [-0.25, -0.2) is 0 Å². The summed E-state index contributed by atoms with van der Waals surface area (Å²) in [6.07, 6.45) is 0. The summed E-state index contributed by atoms with van der Waals surface area (Å²) < 4.78 is 16.2. The summed E-state index contributed by atoms with van der Waals surface area (Å²) in [6.45, 7) is 3.23. The Hall–Kier alpha value is -2.77. The molecule has 1 heterocycles. The van der Waals surface area contributed by atoms with Crippen molar-refractivity contribution in [3.8, 4) is 17.2 Å². The molecule has 2 aromatic carbocycles. The molecule has 150 valence electrons. The molecule has 1 unspecified atom stereocenters. The summed E-state index contributed by atoms with van der Waals surface area (Å²) in [7, 11) is 3.20. The smallest absolute Gasteiger partial charge is 0.255 e. The molecule has 28 heavy (non-hydrogen) atoms. The van der Waals surface area contributed by atoms with Crippen LogP contribution in [0.4, 0.5) is 0 Å². The molecule has 1 fully saturated rings. The number of hydrogen-bond acceptors (Lipinski definition) is 6. The molecule has 2 aromatic rings. The predicted octanol–water partition coefficient (Wildman–Crippen LogP) is 2.21. The first-order valence-electron chi connectivity index (χ1n) is 9.24. The van der Waals surface area contributed by atoms with Crippen LogP contribution >= 0.6 is 0 Å². The lowest BCUT2D eigenvalue weighted by Crippen LogP contribution is -2.43. The highest BCUT2D eigenvalue weighted by atomic mass is 16.5. The fraction of sp³-hybridized carbons (Fsp3) is 0.381. The Labute approximate surface area is 164 Å². The normalized spacial score (nSPS) is 15.6. The number of aromatic hydroxyl groups is 1. The van der Waals surface area contributed by atoms with Gasteiger partial charge in [-0.05, 0) is 29.8 Å². The number of morpholine rings is 1. The average molecular weight is 386 g/mol. The van der Waals surface area contributed by atoms with Crippen LogP contribution in [-0.2, 0) is 4.74 Å². The number of phenolic OH excluding ortho intramolecular Hbond substituents is 1. The van der Waals surface area contributed by atoms with Crippen LogP contribution < -0.4 is 14.8 Å². The number of phenols is 1. The second kappa shape index (κ2) is 9.43. The Bertz CT molecular complexity index is 805. The van der Waals surface area contributed by atoms with E-state index in [-0.39, 0.29) is 23.3 Å². The summed E-state index contributed by atoms with van der Waals surface area (Å²) in [5.41, 5.74) is 1.27. The molecule has 1 amide bonds. The molecule has 0 spiro atoms. The van der Waals surface area contributed by atoms with Gasteiger partial charge in [0.15, 0.2) is 11.5 Å². The average Bonchev–Trinajstić information content (AvgIpc) is 2.74. The fourth-order valence-electron chi connectivity index (χ4n) is 3.36. The van der Waals surface area contributed by atoms with E-state index in [1.807, 2.05) is 18.2 Å². The molecule has 1 saturated heterocycles. The topological polar surface area (TPSA) is 80.3 Å². The van der Waals surface area contributed by atoms with E-state index in [0.29, 0.717) is 31.3 Å². The van der Waals surface area contributed by atoms with E-state index in [1.54, 1.807) is 32.4 Å². The Morgan fingerprint density at radius 3 is 2.54 bits per heavy atom. The maximum atomic E-state index is 12.5. The zero-order chi connectivity index (χ0) is 19.9. The van der Waals surface area contributed by atoms with E-state index >= 15 is 0 Å². The van der Waals surface area contributed by atoms with E-state index in [4.69, 9.17) is 14.2 Å². The van der Waals surface area contributed by atoms with Crippen LogP contribution in [0.2, 0.25) is 0 Å². The highest BCUT2D eigenvalue weighted by Gasteiger charge is 2.25. The molecular weight excluding hydrogens is 360 g/mol. The summed E-state index contributed by atoms with van der Waals surface area (Å²) in [5, 5.41) is 12.9. The van der Waals surface area contributed by atoms with Gasteiger partial charge in [-0.2, -0.15) is 0 Å². The molecule has 7 heteroatoms. The second-order valence-corrected chi connectivity index (χ2v) is 6.51. The van der Waals surface area contributed by atoms with Crippen LogP contribution in [0.15, 0.2) is 42.5 Å². The van der Waals surface area contributed by atoms with Crippen molar-refractivity contribution in [2.75, 3.05) is 47.1 Å². The molecule has 0 aromatic heterocycles. The van der Waals surface area contributed by atoms with Gasteiger partial charge >= 0.3 is 0 Å². The molecule has 0 aliphatic carbocycles. The summed E-state index contributed by atoms with van der Waals surface area (Å²) in [4.78, 5) is 14.8. The van der Waals surface area contributed by atoms with Crippen molar-refractivity contribution < 1.29 is 24.1 Å². The molecular formula is C21H26N2O5. The van der Waals surface area contributed by atoms with E-state index in [0.717, 1.165) is 18.7 Å². The van der Waals surface area contributed by atoms with Gasteiger partial charge in [0.2, 0.25) is 0 Å². The van der Waals surface area contributed by atoms with Crippen molar-refractivity contribution in [3.05, 3.63) is 53.6 Å².